The summed E-state index contributed by atoms with van der Waals surface area (Å²) in [4.78, 5) is 1.56. The van der Waals surface area contributed by atoms with Gasteiger partial charge in [-0.15, -0.1) is 11.3 Å². The summed E-state index contributed by atoms with van der Waals surface area (Å²) < 4.78 is 13.2. The largest absolute Gasteiger partial charge is 0.398 e. The molecule has 0 saturated carbocycles. The Labute approximate surface area is 119 Å². The van der Waals surface area contributed by atoms with E-state index < -0.39 is 10.8 Å². The van der Waals surface area contributed by atoms with Crippen LogP contribution in [0.4, 0.5) is 5.69 Å². The van der Waals surface area contributed by atoms with E-state index >= 15 is 0 Å². The second-order valence-electron chi connectivity index (χ2n) is 3.35. The number of halogens is 2. The zero-order chi connectivity index (χ0) is 12.4. The lowest BCUT2D eigenvalue weighted by atomic mass is 10.3. The number of nitrogens with two attached hydrogens (primary N) is 1. The van der Waals surface area contributed by atoms with Gasteiger partial charge in [0.2, 0.25) is 0 Å². The Kier molecular flexibility index (Phi) is 4.25. The number of rotatable bonds is 3. The van der Waals surface area contributed by atoms with E-state index in [9.17, 15) is 4.21 Å². The standard InChI is InChI=1S/C11H9BrClNOS2/c12-10-5-4-7(16-10)6-17(15)11-8(13)2-1-3-9(11)14/h1-5H,6,14H2. The molecule has 1 unspecified atom stereocenters. The van der Waals surface area contributed by atoms with Gasteiger partial charge in [0.15, 0.2) is 0 Å². The summed E-state index contributed by atoms with van der Waals surface area (Å²) in [6, 6.07) is 9.05. The summed E-state index contributed by atoms with van der Waals surface area (Å²) in [5.41, 5.74) is 6.28. The van der Waals surface area contributed by atoms with Gasteiger partial charge in [0.1, 0.15) is 0 Å². The van der Waals surface area contributed by atoms with Crippen molar-refractivity contribution < 1.29 is 4.21 Å². The topological polar surface area (TPSA) is 43.1 Å². The van der Waals surface area contributed by atoms with E-state index in [4.69, 9.17) is 17.3 Å². The highest BCUT2D eigenvalue weighted by Crippen LogP contribution is 2.29. The SMILES string of the molecule is Nc1cccc(Cl)c1S(=O)Cc1ccc(Br)s1. The van der Waals surface area contributed by atoms with Crippen molar-refractivity contribution in [2.24, 2.45) is 0 Å². The summed E-state index contributed by atoms with van der Waals surface area (Å²) in [5, 5.41) is 0.457. The highest BCUT2D eigenvalue weighted by Gasteiger charge is 2.13. The van der Waals surface area contributed by atoms with E-state index in [1.165, 1.54) is 0 Å². The molecule has 17 heavy (non-hydrogen) atoms. The molecule has 2 nitrogen and oxygen atoms in total. The zero-order valence-corrected chi connectivity index (χ0v) is 12.6. The average Bonchev–Trinajstić information content (AvgIpc) is 2.63. The molecule has 2 rings (SSSR count). The van der Waals surface area contributed by atoms with Gasteiger partial charge in [-0.25, -0.2) is 0 Å². The van der Waals surface area contributed by atoms with Crippen LogP contribution >= 0.6 is 38.9 Å². The van der Waals surface area contributed by atoms with Crippen molar-refractivity contribution in [3.8, 4) is 0 Å². The lowest BCUT2D eigenvalue weighted by Crippen LogP contribution is -2.00. The van der Waals surface area contributed by atoms with Gasteiger partial charge in [0.25, 0.3) is 0 Å². The fraction of sp³-hybridized carbons (Fsp3) is 0.0909. The van der Waals surface area contributed by atoms with E-state index in [0.29, 0.717) is 21.4 Å². The fourth-order valence-corrected chi connectivity index (χ4v) is 4.79. The number of benzene rings is 1. The van der Waals surface area contributed by atoms with E-state index in [2.05, 4.69) is 15.9 Å². The van der Waals surface area contributed by atoms with Gasteiger partial charge in [-0.2, -0.15) is 0 Å². The van der Waals surface area contributed by atoms with Crippen LogP contribution in [0, 0.1) is 0 Å². The molecule has 0 saturated heterocycles. The minimum atomic E-state index is -1.21. The molecular weight excluding hydrogens is 342 g/mol. The Hall–Kier alpha value is -0.360. The first kappa shape index (κ1) is 13.1. The molecule has 1 heterocycles. The molecule has 2 N–H and O–H groups in total. The Morgan fingerprint density at radius 1 is 1.35 bits per heavy atom. The molecule has 6 heteroatoms. The smallest absolute Gasteiger partial charge is 0.0807 e. The van der Waals surface area contributed by atoms with E-state index in [0.717, 1.165) is 8.66 Å². The first-order valence-corrected chi connectivity index (χ1v) is 8.05. The van der Waals surface area contributed by atoms with Crippen molar-refractivity contribution in [3.05, 3.63) is 44.0 Å². The third-order valence-corrected chi connectivity index (χ3v) is 5.84. The first-order valence-electron chi connectivity index (χ1n) is 4.74. The molecule has 0 bridgehead atoms. The lowest BCUT2D eigenvalue weighted by molar-refractivity contribution is 0.683. The van der Waals surface area contributed by atoms with Crippen molar-refractivity contribution in [2.75, 3.05) is 5.73 Å². The third kappa shape index (κ3) is 3.10. The summed E-state index contributed by atoms with van der Waals surface area (Å²) >= 11 is 11.0. The lowest BCUT2D eigenvalue weighted by Gasteiger charge is -2.06. The Morgan fingerprint density at radius 3 is 2.71 bits per heavy atom. The maximum atomic E-state index is 12.2. The van der Waals surface area contributed by atoms with Crippen LogP contribution < -0.4 is 5.73 Å². The minimum Gasteiger partial charge on any atom is -0.398 e. The maximum absolute atomic E-state index is 12.2. The predicted octanol–water partition coefficient (Wildman–Crippen LogP) is 4.05. The van der Waals surface area contributed by atoms with Crippen LogP contribution in [0.3, 0.4) is 0 Å². The van der Waals surface area contributed by atoms with Crippen LogP contribution in [0.2, 0.25) is 5.02 Å². The molecule has 1 aromatic heterocycles. The number of hydrogen-bond donors (Lipinski definition) is 1. The second-order valence-corrected chi connectivity index (χ2v) is 7.70. The van der Waals surface area contributed by atoms with E-state index in [-0.39, 0.29) is 0 Å². The fourth-order valence-electron chi connectivity index (χ4n) is 1.40. The number of hydrogen-bond acceptors (Lipinski definition) is 3. The van der Waals surface area contributed by atoms with Gasteiger partial charge < -0.3 is 5.73 Å². The third-order valence-electron chi connectivity index (χ3n) is 2.13. The van der Waals surface area contributed by atoms with Crippen LogP contribution in [-0.2, 0) is 16.6 Å². The molecule has 0 spiro atoms. The van der Waals surface area contributed by atoms with Gasteiger partial charge in [-0.1, -0.05) is 17.7 Å². The average molecular weight is 351 g/mol. The maximum Gasteiger partial charge on any atom is 0.0807 e. The summed E-state index contributed by atoms with van der Waals surface area (Å²) in [5.74, 6) is 0.435. The van der Waals surface area contributed by atoms with Gasteiger partial charge >= 0.3 is 0 Å². The Bertz CT molecular complexity index is 550. The highest BCUT2D eigenvalue weighted by molar-refractivity contribution is 9.11. The molecular formula is C11H9BrClNOS2. The molecule has 2 aromatic rings. The molecule has 1 atom stereocenters. The van der Waals surface area contributed by atoms with Crippen molar-refractivity contribution in [1.82, 2.24) is 0 Å². The number of anilines is 1. The quantitative estimate of drug-likeness (QED) is 0.848. The zero-order valence-electron chi connectivity index (χ0n) is 8.65. The van der Waals surface area contributed by atoms with Gasteiger partial charge in [0.05, 0.1) is 30.3 Å². The monoisotopic (exact) mass is 349 g/mol. The highest BCUT2D eigenvalue weighted by atomic mass is 79.9. The van der Waals surface area contributed by atoms with Crippen molar-refractivity contribution >= 4 is 55.4 Å². The summed E-state index contributed by atoms with van der Waals surface area (Å²) in [7, 11) is -1.21. The number of thiophene rings is 1. The van der Waals surface area contributed by atoms with Gasteiger partial charge in [-0.3, -0.25) is 4.21 Å². The molecule has 0 aliphatic carbocycles. The van der Waals surface area contributed by atoms with Gasteiger partial charge in [-0.05, 0) is 40.2 Å². The molecule has 0 radical (unpaired) electrons. The molecule has 90 valence electrons. The molecule has 0 aliphatic heterocycles. The predicted molar refractivity (Wildman–Crippen MR) is 78.0 cm³/mol. The van der Waals surface area contributed by atoms with Gasteiger partial charge in [0, 0.05) is 10.6 Å². The normalized spacial score (nSPS) is 12.6. The van der Waals surface area contributed by atoms with Crippen molar-refractivity contribution in [1.29, 1.82) is 0 Å². The van der Waals surface area contributed by atoms with Crippen LogP contribution in [-0.4, -0.2) is 4.21 Å². The van der Waals surface area contributed by atoms with Crippen molar-refractivity contribution in [3.63, 3.8) is 0 Å². The molecule has 0 fully saturated rings. The van der Waals surface area contributed by atoms with E-state index in [1.807, 2.05) is 12.1 Å². The Morgan fingerprint density at radius 2 is 2.12 bits per heavy atom. The second kappa shape index (κ2) is 5.52. The summed E-state index contributed by atoms with van der Waals surface area (Å²) in [6.45, 7) is 0. The van der Waals surface area contributed by atoms with Crippen molar-refractivity contribution in [2.45, 2.75) is 10.6 Å². The minimum absolute atomic E-state index is 0.435. The molecule has 0 aliphatic rings. The number of nitrogen functional groups attached to an aromatic ring is 1. The van der Waals surface area contributed by atoms with Crippen LogP contribution in [0.25, 0.3) is 0 Å². The Balaban J connectivity index is 2.26. The first-order chi connectivity index (χ1) is 8.08. The van der Waals surface area contributed by atoms with Crippen LogP contribution in [0.5, 0.6) is 0 Å². The van der Waals surface area contributed by atoms with Crippen LogP contribution in [0.1, 0.15) is 4.88 Å². The van der Waals surface area contributed by atoms with E-state index in [1.54, 1.807) is 29.5 Å². The molecule has 0 amide bonds. The summed E-state index contributed by atoms with van der Waals surface area (Å²) in [6.07, 6.45) is 0. The molecule has 1 aromatic carbocycles. The van der Waals surface area contributed by atoms with Crippen LogP contribution in [0.15, 0.2) is 39.0 Å².